The van der Waals surface area contributed by atoms with E-state index < -0.39 is 0 Å². The van der Waals surface area contributed by atoms with Gasteiger partial charge in [0.05, 0.1) is 12.8 Å². The number of nitrogens with zero attached hydrogens (tertiary/aromatic N) is 4. The summed E-state index contributed by atoms with van der Waals surface area (Å²) in [5.41, 5.74) is 3.14. The van der Waals surface area contributed by atoms with Crippen molar-refractivity contribution in [1.82, 2.24) is 19.9 Å². The van der Waals surface area contributed by atoms with E-state index in [2.05, 4.69) is 20.6 Å². The fourth-order valence-corrected chi connectivity index (χ4v) is 4.29. The van der Waals surface area contributed by atoms with E-state index in [1.165, 1.54) is 18.4 Å². The Labute approximate surface area is 164 Å². The van der Waals surface area contributed by atoms with Crippen molar-refractivity contribution in [2.75, 3.05) is 36.5 Å². The van der Waals surface area contributed by atoms with E-state index in [9.17, 15) is 0 Å². The Morgan fingerprint density at radius 1 is 1.25 bits per heavy atom. The maximum Gasteiger partial charge on any atom is 0.159 e. The summed E-state index contributed by atoms with van der Waals surface area (Å²) in [6, 6.07) is 10.6. The summed E-state index contributed by atoms with van der Waals surface area (Å²) in [7, 11) is 0. The molecule has 0 radical (unpaired) electrons. The highest BCUT2D eigenvalue weighted by Gasteiger charge is 2.31. The third kappa shape index (κ3) is 3.05. The van der Waals surface area contributed by atoms with Crippen molar-refractivity contribution in [3.8, 4) is 5.75 Å². The van der Waals surface area contributed by atoms with Crippen LogP contribution in [0.25, 0.3) is 5.65 Å². The van der Waals surface area contributed by atoms with Gasteiger partial charge in [-0.25, -0.2) is 4.98 Å². The molecule has 5 rings (SSSR count). The second-order valence-corrected chi connectivity index (χ2v) is 7.39. The van der Waals surface area contributed by atoms with Crippen molar-refractivity contribution in [2.24, 2.45) is 0 Å². The molecule has 28 heavy (non-hydrogen) atoms. The normalized spacial score (nSPS) is 19.0. The van der Waals surface area contributed by atoms with Crippen LogP contribution in [0, 0.1) is 0 Å². The van der Waals surface area contributed by atoms with Crippen molar-refractivity contribution < 1.29 is 4.74 Å². The van der Waals surface area contributed by atoms with Crippen molar-refractivity contribution in [2.45, 2.75) is 32.2 Å². The van der Waals surface area contributed by atoms with Crippen LogP contribution in [0.4, 0.5) is 17.3 Å². The first kappa shape index (κ1) is 17.3. The molecule has 7 nitrogen and oxygen atoms in total. The van der Waals surface area contributed by atoms with Gasteiger partial charge in [0.2, 0.25) is 0 Å². The molecule has 0 spiro atoms. The van der Waals surface area contributed by atoms with Gasteiger partial charge in [0.1, 0.15) is 17.4 Å². The van der Waals surface area contributed by atoms with Gasteiger partial charge >= 0.3 is 0 Å². The molecule has 146 valence electrons. The van der Waals surface area contributed by atoms with E-state index in [1.54, 1.807) is 0 Å². The molecule has 2 aromatic heterocycles. The van der Waals surface area contributed by atoms with Crippen LogP contribution < -0.4 is 20.3 Å². The Kier molecular flexibility index (Phi) is 4.52. The lowest BCUT2D eigenvalue weighted by atomic mass is 10.1. The molecule has 1 fully saturated rings. The highest BCUT2D eigenvalue weighted by Crippen LogP contribution is 2.36. The molecule has 1 unspecified atom stereocenters. The molecule has 0 bridgehead atoms. The molecule has 7 heteroatoms. The van der Waals surface area contributed by atoms with E-state index in [-0.39, 0.29) is 0 Å². The molecule has 0 saturated carbocycles. The Hall–Kier alpha value is -2.80. The largest absolute Gasteiger partial charge is 0.494 e. The molecule has 1 atom stereocenters. The average molecular weight is 378 g/mol. The number of piperidine rings is 1. The quantitative estimate of drug-likeness (QED) is 0.712. The summed E-state index contributed by atoms with van der Waals surface area (Å²) >= 11 is 0. The lowest BCUT2D eigenvalue weighted by Crippen LogP contribution is -2.45. The summed E-state index contributed by atoms with van der Waals surface area (Å²) in [4.78, 5) is 7.44. The minimum Gasteiger partial charge on any atom is -0.494 e. The molecule has 3 aromatic rings. The molecule has 1 aromatic carbocycles. The van der Waals surface area contributed by atoms with Gasteiger partial charge in [-0.2, -0.15) is 9.61 Å². The molecular weight excluding hydrogens is 352 g/mol. The number of anilines is 3. The Bertz CT molecular complexity index is 961. The van der Waals surface area contributed by atoms with Gasteiger partial charge in [0.15, 0.2) is 5.65 Å². The van der Waals surface area contributed by atoms with E-state index in [4.69, 9.17) is 9.72 Å². The summed E-state index contributed by atoms with van der Waals surface area (Å²) < 4.78 is 7.47. The van der Waals surface area contributed by atoms with Crippen molar-refractivity contribution in [1.29, 1.82) is 0 Å². The smallest absolute Gasteiger partial charge is 0.159 e. The highest BCUT2D eigenvalue weighted by atomic mass is 16.5. The SMILES string of the molecule is CCOc1ccc(Nc2c3c(nc4ccnn24)N(C2CCCNC2)CC3)cc1. The van der Waals surface area contributed by atoms with Crippen LogP contribution in [0.15, 0.2) is 36.5 Å². The highest BCUT2D eigenvalue weighted by molar-refractivity contribution is 5.72. The predicted molar refractivity (Wildman–Crippen MR) is 111 cm³/mol. The number of hydrogen-bond donors (Lipinski definition) is 2. The van der Waals surface area contributed by atoms with Crippen LogP contribution in [-0.4, -0.2) is 46.9 Å². The Morgan fingerprint density at radius 3 is 2.93 bits per heavy atom. The summed E-state index contributed by atoms with van der Waals surface area (Å²) in [5, 5.41) is 11.6. The van der Waals surface area contributed by atoms with Crippen molar-refractivity contribution >= 4 is 23.0 Å². The van der Waals surface area contributed by atoms with Crippen molar-refractivity contribution in [3.05, 3.63) is 42.1 Å². The third-order valence-corrected chi connectivity index (χ3v) is 5.63. The second-order valence-electron chi connectivity index (χ2n) is 7.39. The molecule has 1 saturated heterocycles. The third-order valence-electron chi connectivity index (χ3n) is 5.63. The molecule has 0 aliphatic carbocycles. The van der Waals surface area contributed by atoms with Gasteiger partial charge in [-0.05, 0) is 57.0 Å². The zero-order valence-corrected chi connectivity index (χ0v) is 16.2. The minimum absolute atomic E-state index is 0.520. The summed E-state index contributed by atoms with van der Waals surface area (Å²) in [5.74, 6) is 3.00. The van der Waals surface area contributed by atoms with Gasteiger partial charge in [-0.15, -0.1) is 0 Å². The van der Waals surface area contributed by atoms with Crippen LogP contribution in [-0.2, 0) is 6.42 Å². The zero-order valence-electron chi connectivity index (χ0n) is 16.2. The van der Waals surface area contributed by atoms with Gasteiger partial charge in [0.25, 0.3) is 0 Å². The lowest BCUT2D eigenvalue weighted by Gasteiger charge is -2.33. The average Bonchev–Trinajstić information content (AvgIpc) is 3.37. The van der Waals surface area contributed by atoms with Gasteiger partial charge < -0.3 is 20.3 Å². The summed E-state index contributed by atoms with van der Waals surface area (Å²) in [6.45, 7) is 5.84. The first-order chi connectivity index (χ1) is 13.8. The van der Waals surface area contributed by atoms with E-state index >= 15 is 0 Å². The van der Waals surface area contributed by atoms with E-state index in [1.807, 2.05) is 48.0 Å². The number of hydrogen-bond acceptors (Lipinski definition) is 6. The molecule has 0 amide bonds. The number of nitrogens with one attached hydrogen (secondary N) is 2. The minimum atomic E-state index is 0.520. The topological polar surface area (TPSA) is 66.7 Å². The van der Waals surface area contributed by atoms with Gasteiger partial charge in [-0.1, -0.05) is 0 Å². The molecule has 2 aliphatic rings. The van der Waals surface area contributed by atoms with E-state index in [0.717, 1.165) is 54.8 Å². The number of benzene rings is 1. The molecular formula is C21H26N6O. The predicted octanol–water partition coefficient (Wildman–Crippen LogP) is 2.99. The van der Waals surface area contributed by atoms with Crippen molar-refractivity contribution in [3.63, 3.8) is 0 Å². The van der Waals surface area contributed by atoms with Crippen LogP contribution >= 0.6 is 0 Å². The molecule has 2 N–H and O–H groups in total. The van der Waals surface area contributed by atoms with Crippen LogP contribution in [0.2, 0.25) is 0 Å². The molecule has 4 heterocycles. The summed E-state index contributed by atoms with van der Waals surface area (Å²) in [6.07, 6.45) is 5.24. The van der Waals surface area contributed by atoms with E-state index in [0.29, 0.717) is 12.6 Å². The zero-order chi connectivity index (χ0) is 18.9. The van der Waals surface area contributed by atoms with Gasteiger partial charge in [0, 0.05) is 36.4 Å². The number of fused-ring (bicyclic) bond motifs is 2. The second kappa shape index (κ2) is 7.31. The maximum atomic E-state index is 5.56. The number of rotatable bonds is 5. The fourth-order valence-electron chi connectivity index (χ4n) is 4.29. The Morgan fingerprint density at radius 2 is 2.14 bits per heavy atom. The Balaban J connectivity index is 1.51. The van der Waals surface area contributed by atoms with Crippen LogP contribution in [0.1, 0.15) is 25.3 Å². The van der Waals surface area contributed by atoms with Crippen LogP contribution in [0.3, 0.4) is 0 Å². The number of ether oxygens (including phenoxy) is 1. The monoisotopic (exact) mass is 378 g/mol. The standard InChI is InChI=1S/C21H26N6O/c1-2-28-17-7-5-15(6-8-17)24-21-18-10-13-26(16-4-3-11-22-14-16)20(18)25-19-9-12-23-27(19)21/h5-9,12,16,22,24H,2-4,10-11,13-14H2,1H3. The first-order valence-corrected chi connectivity index (χ1v) is 10.2. The van der Waals surface area contributed by atoms with Crippen LogP contribution in [0.5, 0.6) is 5.75 Å². The first-order valence-electron chi connectivity index (χ1n) is 10.2. The fraction of sp³-hybridized carbons (Fsp3) is 0.429. The van der Waals surface area contributed by atoms with Gasteiger partial charge in [-0.3, -0.25) is 0 Å². The lowest BCUT2D eigenvalue weighted by molar-refractivity contribution is 0.340. The number of aromatic nitrogens is 3. The maximum absolute atomic E-state index is 5.56. The molecule has 2 aliphatic heterocycles.